The first-order valence-corrected chi connectivity index (χ1v) is 26.6. The molecular weight excluding hydrogens is 1100 g/mol. The highest BCUT2D eigenvalue weighted by Crippen LogP contribution is 2.32. The van der Waals surface area contributed by atoms with Gasteiger partial charge in [-0.05, 0) is 68.2 Å². The molecule has 0 spiro atoms. The number of Topliss-reactive ketones (excluding diaryl/α,β-unsaturated/α-hetero) is 2. The van der Waals surface area contributed by atoms with Crippen LogP contribution >= 0.6 is 68.7 Å². The largest absolute Gasteiger partial charge is 0.478 e. The first kappa shape index (κ1) is 56.5. The fraction of sp³-hybridized carbons (Fsp3) is 0.265. The van der Waals surface area contributed by atoms with E-state index in [4.69, 9.17) is 23.2 Å². The van der Waals surface area contributed by atoms with Crippen molar-refractivity contribution in [3.63, 3.8) is 0 Å². The van der Waals surface area contributed by atoms with Crippen molar-refractivity contribution in [3.8, 4) is 22.5 Å². The van der Waals surface area contributed by atoms with Crippen LogP contribution in [-0.2, 0) is 26.2 Å². The van der Waals surface area contributed by atoms with E-state index in [0.29, 0.717) is 37.3 Å². The van der Waals surface area contributed by atoms with E-state index >= 15 is 0 Å². The van der Waals surface area contributed by atoms with E-state index in [1.54, 1.807) is 46.8 Å². The van der Waals surface area contributed by atoms with Crippen molar-refractivity contribution < 1.29 is 44.1 Å². The number of thiazole rings is 1. The molecule has 27 heteroatoms. The van der Waals surface area contributed by atoms with Crippen LogP contribution in [0.4, 0.5) is 11.6 Å². The SMILES string of the molecule is CC(C)(C)C(=O)n1nc(-c2cc(=O)n(CC(=O)c3cncs3)cc2C(=O)O)cc1NCc1ccc(Cl)s1.Cc1c(-c2cc(NCc3ccc(Cl)s3)n(C(=O)C(C)(C)CO)n2)cc(=O)n(CC(=O)c2ccns2)c1C(=O)O. The van der Waals surface area contributed by atoms with Gasteiger partial charge >= 0.3 is 11.9 Å². The molecule has 21 nitrogen and oxygen atoms in total. The van der Waals surface area contributed by atoms with Gasteiger partial charge in [0.05, 0.1) is 79.1 Å². The van der Waals surface area contributed by atoms with Crippen molar-refractivity contribution in [2.24, 2.45) is 10.8 Å². The van der Waals surface area contributed by atoms with Gasteiger partial charge in [0.2, 0.25) is 0 Å². The Hall–Kier alpha value is -7.26. The second kappa shape index (κ2) is 23.3. The number of carbonyl (C=O) groups is 6. The maximum Gasteiger partial charge on any atom is 0.352 e. The molecule has 0 aliphatic carbocycles. The summed E-state index contributed by atoms with van der Waals surface area (Å²) in [6.45, 7) is 9.27. The number of pyridine rings is 2. The minimum atomic E-state index is -1.39. The van der Waals surface area contributed by atoms with Crippen LogP contribution in [0.1, 0.15) is 99.7 Å². The molecule has 396 valence electrons. The summed E-state index contributed by atoms with van der Waals surface area (Å²) >= 11 is 16.8. The molecule has 0 aromatic carbocycles. The third-order valence-electron chi connectivity index (χ3n) is 11.3. The summed E-state index contributed by atoms with van der Waals surface area (Å²) in [5.74, 6) is -3.75. The number of carboxylic acid groups (broad SMARTS) is 2. The van der Waals surface area contributed by atoms with Gasteiger partial charge in [-0.2, -0.15) is 19.6 Å². The number of hydrogen-bond acceptors (Lipinski definition) is 19. The lowest BCUT2D eigenvalue weighted by Crippen LogP contribution is -2.34. The third kappa shape index (κ3) is 12.9. The molecule has 0 atom stereocenters. The molecule has 0 amide bonds. The predicted octanol–water partition coefficient (Wildman–Crippen LogP) is 8.81. The number of hydrogen-bond donors (Lipinski definition) is 5. The zero-order chi connectivity index (χ0) is 55.4. The van der Waals surface area contributed by atoms with Crippen LogP contribution in [0.3, 0.4) is 0 Å². The zero-order valence-electron chi connectivity index (χ0n) is 41.1. The number of nitrogens with one attached hydrogen (secondary N) is 2. The Kier molecular flexibility index (Phi) is 17.3. The molecule has 8 rings (SSSR count). The van der Waals surface area contributed by atoms with Crippen LogP contribution in [0, 0.1) is 17.8 Å². The minimum absolute atomic E-state index is 0.0293. The van der Waals surface area contributed by atoms with E-state index in [2.05, 4.69) is 30.2 Å². The van der Waals surface area contributed by atoms with E-state index < -0.39 is 58.7 Å². The highest BCUT2D eigenvalue weighted by Gasteiger charge is 2.33. The summed E-state index contributed by atoms with van der Waals surface area (Å²) in [4.78, 5) is 108. The number of aromatic nitrogens is 8. The number of thiophene rings is 2. The van der Waals surface area contributed by atoms with E-state index in [1.165, 1.54) is 76.4 Å². The Balaban J connectivity index is 0.000000221. The molecule has 5 N–H and O–H groups in total. The smallest absolute Gasteiger partial charge is 0.352 e. The molecule has 0 radical (unpaired) electrons. The minimum Gasteiger partial charge on any atom is -0.478 e. The molecule has 8 aromatic heterocycles. The van der Waals surface area contributed by atoms with Crippen molar-refractivity contribution in [2.45, 2.75) is 67.7 Å². The Labute approximate surface area is 457 Å². The topological polar surface area (TPSA) is 293 Å². The lowest BCUT2D eigenvalue weighted by atomic mass is 9.94. The number of rotatable bonds is 18. The lowest BCUT2D eigenvalue weighted by Gasteiger charge is -2.20. The zero-order valence-corrected chi connectivity index (χ0v) is 45.9. The van der Waals surface area contributed by atoms with Crippen LogP contribution in [0.15, 0.2) is 88.3 Å². The monoisotopic (exact) mass is 1150 g/mol. The molecule has 0 aliphatic rings. The number of halogens is 2. The summed E-state index contributed by atoms with van der Waals surface area (Å²) in [5.41, 5.74) is -1.67. The Morgan fingerprint density at radius 1 is 0.711 bits per heavy atom. The quantitative estimate of drug-likeness (QED) is 0.0501. The maximum atomic E-state index is 13.3. The summed E-state index contributed by atoms with van der Waals surface area (Å²) in [7, 11) is 0. The molecule has 0 unspecified atom stereocenters. The highest BCUT2D eigenvalue weighted by atomic mass is 35.5. The van der Waals surface area contributed by atoms with Crippen molar-refractivity contribution in [3.05, 3.63) is 144 Å². The molecule has 0 fully saturated rings. The fourth-order valence-corrected chi connectivity index (χ4v) is 10.3. The number of anilines is 2. The third-order valence-corrected chi connectivity index (χ3v) is 15.3. The normalized spacial score (nSPS) is 11.5. The summed E-state index contributed by atoms with van der Waals surface area (Å²) < 4.78 is 9.30. The van der Waals surface area contributed by atoms with E-state index in [1.807, 2.05) is 12.1 Å². The number of nitrogens with zero attached hydrogens (tertiary/aromatic N) is 8. The van der Waals surface area contributed by atoms with Crippen molar-refractivity contribution in [1.29, 1.82) is 0 Å². The first-order chi connectivity index (χ1) is 35.9. The van der Waals surface area contributed by atoms with Gasteiger partial charge in [0.1, 0.15) is 17.3 Å². The molecule has 0 saturated heterocycles. The summed E-state index contributed by atoms with van der Waals surface area (Å²) in [6.07, 6.45) is 3.95. The Morgan fingerprint density at radius 3 is 1.76 bits per heavy atom. The van der Waals surface area contributed by atoms with Crippen LogP contribution in [0.5, 0.6) is 0 Å². The van der Waals surface area contributed by atoms with Crippen LogP contribution < -0.4 is 21.8 Å². The van der Waals surface area contributed by atoms with E-state index in [-0.39, 0.29) is 63.4 Å². The standard InChI is InChI=1S/C25H24ClN5O6S2.C24H22ClN5O5S2/c1-13-15(8-21(34)30(22(13)23(35)36)11-17(33)18-6-7-28-39-18)16-9-20(27-10-14-4-5-19(26)38-14)31(29-16)24(37)25(2,3)12-32;1-24(2,3)23(35)30-20(27-8-13-4-5-19(25)37-13)7-16(28-30)14-6-21(32)29(10-15(14)22(33)34)11-17(31)18-9-26-12-36-18/h4-9,27,32H,10-12H2,1-3H3,(H,35,36);4-7,9-10,12,27H,8,11H2,1-3H3,(H,33,34). The molecule has 8 aromatic rings. The van der Waals surface area contributed by atoms with Gasteiger partial charge in [0, 0.05) is 69.2 Å². The van der Waals surface area contributed by atoms with Crippen LogP contribution in [0.2, 0.25) is 8.67 Å². The molecule has 76 heavy (non-hydrogen) atoms. The number of aliphatic hydroxyl groups excluding tert-OH is 1. The summed E-state index contributed by atoms with van der Waals surface area (Å²) in [5, 5.41) is 44.7. The first-order valence-electron chi connectivity index (χ1n) is 22.6. The number of carboxylic acids is 2. The van der Waals surface area contributed by atoms with Gasteiger partial charge in [-0.1, -0.05) is 44.0 Å². The van der Waals surface area contributed by atoms with Gasteiger partial charge < -0.3 is 30.5 Å². The molecular formula is C49H46Cl2N10O11S4. The van der Waals surface area contributed by atoms with Crippen molar-refractivity contribution >= 4 is 116 Å². The molecule has 0 saturated carbocycles. The average Bonchev–Trinajstić information content (AvgIpc) is 4.24. The Bertz CT molecular complexity index is 3640. The van der Waals surface area contributed by atoms with Gasteiger partial charge in [-0.25, -0.2) is 14.0 Å². The number of aliphatic hydroxyl groups is 1. The Morgan fingerprint density at radius 2 is 1.28 bits per heavy atom. The van der Waals surface area contributed by atoms with Crippen LogP contribution in [-0.4, -0.2) is 95.3 Å². The van der Waals surface area contributed by atoms with Gasteiger partial charge in [0.15, 0.2) is 11.6 Å². The number of carbonyl (C=O) groups excluding carboxylic acids is 4. The lowest BCUT2D eigenvalue weighted by molar-refractivity contribution is 0.0614. The number of aromatic carboxylic acids is 2. The van der Waals surface area contributed by atoms with E-state index in [0.717, 1.165) is 58.7 Å². The maximum absolute atomic E-state index is 13.3. The van der Waals surface area contributed by atoms with Gasteiger partial charge in [0.25, 0.3) is 22.9 Å². The van der Waals surface area contributed by atoms with Crippen molar-refractivity contribution in [2.75, 3.05) is 17.2 Å². The van der Waals surface area contributed by atoms with Crippen molar-refractivity contribution in [1.82, 2.24) is 38.1 Å². The predicted molar refractivity (Wildman–Crippen MR) is 290 cm³/mol. The fourth-order valence-electron chi connectivity index (χ4n) is 7.20. The van der Waals surface area contributed by atoms with Crippen LogP contribution in [0.25, 0.3) is 22.5 Å². The molecule has 0 aliphatic heterocycles. The molecule has 0 bridgehead atoms. The highest BCUT2D eigenvalue weighted by molar-refractivity contribution is 7.16. The van der Waals surface area contributed by atoms with E-state index in [9.17, 15) is 53.7 Å². The second-order valence-corrected chi connectivity index (χ2v) is 23.7. The summed E-state index contributed by atoms with van der Waals surface area (Å²) in [6, 6.07) is 14.0. The average molecular weight is 1150 g/mol. The molecule has 8 heterocycles. The van der Waals surface area contributed by atoms with Gasteiger partial charge in [-0.15, -0.1) is 34.0 Å². The van der Waals surface area contributed by atoms with Gasteiger partial charge in [-0.3, -0.25) is 38.3 Å². The second-order valence-electron chi connectivity index (χ2n) is 18.4. The number of ketones is 2.